The Morgan fingerprint density at radius 2 is 2.06 bits per heavy atom. The van der Waals surface area contributed by atoms with Crippen LogP contribution in [0.4, 0.5) is 0 Å². The monoisotopic (exact) mass is 250 g/mol. The van der Waals surface area contributed by atoms with Crippen LogP contribution in [0.15, 0.2) is 0 Å². The fourth-order valence-electron chi connectivity index (χ4n) is 4.72. The minimum atomic E-state index is 0.733. The van der Waals surface area contributed by atoms with E-state index in [0.717, 1.165) is 29.8 Å². The molecular formula is C16H30N2. The van der Waals surface area contributed by atoms with Gasteiger partial charge in [0.25, 0.3) is 0 Å². The van der Waals surface area contributed by atoms with Gasteiger partial charge in [0.15, 0.2) is 0 Å². The van der Waals surface area contributed by atoms with Gasteiger partial charge in [0.05, 0.1) is 0 Å². The molecule has 3 aliphatic rings. The first-order chi connectivity index (χ1) is 8.74. The number of rotatable bonds is 4. The van der Waals surface area contributed by atoms with Gasteiger partial charge in [-0.15, -0.1) is 0 Å². The molecule has 2 saturated carbocycles. The van der Waals surface area contributed by atoms with Crippen molar-refractivity contribution in [2.45, 2.75) is 64.5 Å². The van der Waals surface area contributed by atoms with Crippen LogP contribution >= 0.6 is 0 Å². The minimum absolute atomic E-state index is 0.733. The molecule has 0 aromatic carbocycles. The molecule has 4 unspecified atom stereocenters. The van der Waals surface area contributed by atoms with E-state index in [2.05, 4.69) is 24.1 Å². The fraction of sp³-hybridized carbons (Fsp3) is 1.00. The topological polar surface area (TPSA) is 15.3 Å². The summed E-state index contributed by atoms with van der Waals surface area (Å²) in [6, 6.07) is 1.65. The molecule has 104 valence electrons. The molecule has 0 aromatic rings. The van der Waals surface area contributed by atoms with Crippen LogP contribution in [-0.2, 0) is 0 Å². The van der Waals surface area contributed by atoms with E-state index >= 15 is 0 Å². The SMILES string of the molecule is CC(C)N(CC1CCCNC1)C1CC2CCC1C2. The third-order valence-electron chi connectivity index (χ3n) is 5.66. The number of fused-ring (bicyclic) bond motifs is 2. The zero-order valence-electron chi connectivity index (χ0n) is 12.2. The molecule has 0 spiro atoms. The maximum Gasteiger partial charge on any atom is 0.0129 e. The molecule has 1 saturated heterocycles. The molecule has 2 heteroatoms. The maximum atomic E-state index is 3.58. The fourth-order valence-corrected chi connectivity index (χ4v) is 4.72. The molecule has 3 fully saturated rings. The van der Waals surface area contributed by atoms with E-state index < -0.39 is 0 Å². The summed E-state index contributed by atoms with van der Waals surface area (Å²) in [5.74, 6) is 3.01. The highest BCUT2D eigenvalue weighted by atomic mass is 15.2. The first kappa shape index (κ1) is 12.9. The Hall–Kier alpha value is -0.0800. The van der Waals surface area contributed by atoms with Crippen LogP contribution in [0.2, 0.25) is 0 Å². The molecule has 2 nitrogen and oxygen atoms in total. The van der Waals surface area contributed by atoms with Gasteiger partial charge in [0.1, 0.15) is 0 Å². The summed E-state index contributed by atoms with van der Waals surface area (Å²) in [5.41, 5.74) is 0. The highest BCUT2D eigenvalue weighted by Crippen LogP contribution is 2.47. The largest absolute Gasteiger partial charge is 0.316 e. The summed E-state index contributed by atoms with van der Waals surface area (Å²) >= 11 is 0. The molecule has 2 bridgehead atoms. The van der Waals surface area contributed by atoms with Crippen LogP contribution in [0.1, 0.15) is 52.4 Å². The van der Waals surface area contributed by atoms with E-state index in [1.54, 1.807) is 0 Å². The summed E-state index contributed by atoms with van der Waals surface area (Å²) in [6.07, 6.45) is 8.91. The van der Waals surface area contributed by atoms with Gasteiger partial charge in [-0.1, -0.05) is 6.42 Å². The van der Waals surface area contributed by atoms with Crippen molar-refractivity contribution in [3.8, 4) is 0 Å². The second kappa shape index (κ2) is 5.50. The van der Waals surface area contributed by atoms with Crippen LogP contribution < -0.4 is 5.32 Å². The molecule has 0 radical (unpaired) electrons. The van der Waals surface area contributed by atoms with Gasteiger partial charge >= 0.3 is 0 Å². The van der Waals surface area contributed by atoms with Gasteiger partial charge in [-0.2, -0.15) is 0 Å². The lowest BCUT2D eigenvalue weighted by Crippen LogP contribution is -2.48. The van der Waals surface area contributed by atoms with Crippen LogP contribution in [0.5, 0.6) is 0 Å². The van der Waals surface area contributed by atoms with Gasteiger partial charge in [-0.05, 0) is 76.8 Å². The van der Waals surface area contributed by atoms with Crippen molar-refractivity contribution in [1.82, 2.24) is 10.2 Å². The van der Waals surface area contributed by atoms with Crippen LogP contribution in [0, 0.1) is 17.8 Å². The quantitative estimate of drug-likeness (QED) is 0.825. The lowest BCUT2D eigenvalue weighted by atomic mass is 9.91. The van der Waals surface area contributed by atoms with Gasteiger partial charge in [-0.3, -0.25) is 4.90 Å². The first-order valence-electron chi connectivity index (χ1n) is 8.20. The number of hydrogen-bond acceptors (Lipinski definition) is 2. The number of hydrogen-bond donors (Lipinski definition) is 1. The van der Waals surface area contributed by atoms with Crippen molar-refractivity contribution < 1.29 is 0 Å². The molecule has 2 aliphatic carbocycles. The number of piperidine rings is 1. The van der Waals surface area contributed by atoms with Gasteiger partial charge in [-0.25, -0.2) is 0 Å². The first-order valence-corrected chi connectivity index (χ1v) is 8.20. The van der Waals surface area contributed by atoms with E-state index in [0.29, 0.717) is 0 Å². The molecule has 1 N–H and O–H groups in total. The summed E-state index contributed by atoms with van der Waals surface area (Å²) in [6.45, 7) is 8.65. The predicted octanol–water partition coefficient (Wildman–Crippen LogP) is 2.89. The summed E-state index contributed by atoms with van der Waals surface area (Å²) in [4.78, 5) is 2.86. The van der Waals surface area contributed by atoms with Crippen LogP contribution in [0.25, 0.3) is 0 Å². The Labute approximate surface area is 113 Å². The Balaban J connectivity index is 1.61. The minimum Gasteiger partial charge on any atom is -0.316 e. The van der Waals surface area contributed by atoms with Crippen molar-refractivity contribution in [2.24, 2.45) is 17.8 Å². The summed E-state index contributed by atoms with van der Waals surface area (Å²) < 4.78 is 0. The molecule has 0 aromatic heterocycles. The predicted molar refractivity (Wildman–Crippen MR) is 76.7 cm³/mol. The zero-order chi connectivity index (χ0) is 12.5. The summed E-state index contributed by atoms with van der Waals surface area (Å²) in [5, 5.41) is 3.58. The van der Waals surface area contributed by atoms with Gasteiger partial charge < -0.3 is 5.32 Å². The van der Waals surface area contributed by atoms with Crippen molar-refractivity contribution in [3.05, 3.63) is 0 Å². The summed E-state index contributed by atoms with van der Waals surface area (Å²) in [7, 11) is 0. The van der Waals surface area contributed by atoms with Crippen molar-refractivity contribution >= 4 is 0 Å². The van der Waals surface area contributed by atoms with E-state index in [9.17, 15) is 0 Å². The Morgan fingerprint density at radius 3 is 2.61 bits per heavy atom. The van der Waals surface area contributed by atoms with Crippen molar-refractivity contribution in [1.29, 1.82) is 0 Å². The lowest BCUT2D eigenvalue weighted by Gasteiger charge is -2.40. The van der Waals surface area contributed by atoms with E-state index in [-0.39, 0.29) is 0 Å². The average molecular weight is 250 g/mol. The van der Waals surface area contributed by atoms with E-state index in [1.165, 1.54) is 58.2 Å². The van der Waals surface area contributed by atoms with Crippen LogP contribution in [0.3, 0.4) is 0 Å². The van der Waals surface area contributed by atoms with Gasteiger partial charge in [0.2, 0.25) is 0 Å². The Morgan fingerprint density at radius 1 is 1.17 bits per heavy atom. The van der Waals surface area contributed by atoms with Crippen LogP contribution in [-0.4, -0.2) is 36.6 Å². The third kappa shape index (κ3) is 2.60. The molecule has 1 aliphatic heterocycles. The molecule has 3 rings (SSSR count). The van der Waals surface area contributed by atoms with Crippen molar-refractivity contribution in [3.63, 3.8) is 0 Å². The Kier molecular flexibility index (Phi) is 3.95. The number of nitrogens with one attached hydrogen (secondary N) is 1. The number of nitrogens with zero attached hydrogens (tertiary/aromatic N) is 1. The highest BCUT2D eigenvalue weighted by molar-refractivity contribution is 4.96. The molecular weight excluding hydrogens is 220 g/mol. The molecule has 0 amide bonds. The standard InChI is InChI=1S/C16H30N2/c1-12(2)18(11-14-4-3-7-17-10-14)16-9-13-5-6-15(16)8-13/h12-17H,3-11H2,1-2H3. The smallest absolute Gasteiger partial charge is 0.0129 e. The second-order valence-corrected chi connectivity index (χ2v) is 7.25. The maximum absolute atomic E-state index is 3.58. The van der Waals surface area contributed by atoms with Gasteiger partial charge in [0, 0.05) is 18.6 Å². The zero-order valence-corrected chi connectivity index (χ0v) is 12.2. The third-order valence-corrected chi connectivity index (χ3v) is 5.66. The highest BCUT2D eigenvalue weighted by Gasteiger charge is 2.43. The van der Waals surface area contributed by atoms with Crippen molar-refractivity contribution in [2.75, 3.05) is 19.6 Å². The van der Waals surface area contributed by atoms with E-state index in [1.807, 2.05) is 0 Å². The average Bonchev–Trinajstić information content (AvgIpc) is 2.99. The molecule has 18 heavy (non-hydrogen) atoms. The van der Waals surface area contributed by atoms with E-state index in [4.69, 9.17) is 0 Å². The molecule has 4 atom stereocenters. The molecule has 1 heterocycles. The normalized spacial score (nSPS) is 40.0. The Bertz CT molecular complexity index is 270. The second-order valence-electron chi connectivity index (χ2n) is 7.25. The lowest BCUT2D eigenvalue weighted by molar-refractivity contribution is 0.0830.